The average Bonchev–Trinajstić information content (AvgIpc) is 2.87. The summed E-state index contributed by atoms with van der Waals surface area (Å²) < 4.78 is 40.6. The Balaban J connectivity index is 2.03. The Hall–Kier alpha value is -2.33. The van der Waals surface area contributed by atoms with E-state index < -0.39 is 10.0 Å². The molecule has 2 aromatic heterocycles. The van der Waals surface area contributed by atoms with E-state index in [2.05, 4.69) is 30.7 Å². The van der Waals surface area contributed by atoms with Crippen molar-refractivity contribution in [1.29, 1.82) is 0 Å². The van der Waals surface area contributed by atoms with Crippen LogP contribution in [0.3, 0.4) is 0 Å². The first kappa shape index (κ1) is 18.5. The number of pyridine rings is 1. The highest BCUT2D eigenvalue weighted by Crippen LogP contribution is 2.36. The highest BCUT2D eigenvalue weighted by atomic mass is 79.9. The summed E-state index contributed by atoms with van der Waals surface area (Å²) in [5.74, 6) is 0.736. The molecule has 1 aromatic carbocycles. The summed E-state index contributed by atoms with van der Waals surface area (Å²) in [6.07, 6.45) is 1.45. The lowest BCUT2D eigenvalue weighted by molar-refractivity contribution is 0.353. The smallest absolute Gasteiger partial charge is 0.263 e. The van der Waals surface area contributed by atoms with E-state index >= 15 is 0 Å². The molecule has 1 N–H and O–H groups in total. The number of ether oxygens (including phenoxy) is 2. The summed E-state index contributed by atoms with van der Waals surface area (Å²) in [6.45, 7) is 1.84. The van der Waals surface area contributed by atoms with Crippen LogP contribution in [0.2, 0.25) is 0 Å². The van der Waals surface area contributed by atoms with Gasteiger partial charge in [0, 0.05) is 23.0 Å². The third-order valence-electron chi connectivity index (χ3n) is 3.84. The number of hydrogen-bond acceptors (Lipinski definition) is 6. The SMILES string of the molecule is COc1cc(Br)c(S(=O)(=O)Nc2cnc3c(c2)c(C)nn3C)cc1OC. The standard InChI is InChI=1S/C16H17BrN4O4S/c1-9-11-5-10(8-18-16(11)21(2)19-9)20-26(22,23)15-7-14(25-4)13(24-3)6-12(15)17/h5-8,20H,1-4H3. The Morgan fingerprint density at radius 3 is 2.46 bits per heavy atom. The number of sulfonamides is 1. The molecule has 0 atom stereocenters. The molecular weight excluding hydrogens is 424 g/mol. The second kappa shape index (κ2) is 6.76. The molecule has 2 heterocycles. The first-order valence-electron chi connectivity index (χ1n) is 7.50. The van der Waals surface area contributed by atoms with E-state index in [0.717, 1.165) is 11.1 Å². The van der Waals surface area contributed by atoms with Crippen LogP contribution in [0.25, 0.3) is 11.0 Å². The molecule has 138 valence electrons. The van der Waals surface area contributed by atoms with E-state index in [1.165, 1.54) is 26.5 Å². The number of fused-ring (bicyclic) bond motifs is 1. The van der Waals surface area contributed by atoms with Crippen molar-refractivity contribution in [2.75, 3.05) is 18.9 Å². The number of nitrogens with zero attached hydrogens (tertiary/aromatic N) is 3. The molecule has 0 amide bonds. The number of hydrogen-bond donors (Lipinski definition) is 1. The van der Waals surface area contributed by atoms with Crippen LogP contribution in [0, 0.1) is 6.92 Å². The number of halogens is 1. The zero-order valence-corrected chi connectivity index (χ0v) is 17.0. The minimum absolute atomic E-state index is 0.0261. The van der Waals surface area contributed by atoms with Crippen molar-refractivity contribution in [3.05, 3.63) is 34.6 Å². The average molecular weight is 441 g/mol. The minimum atomic E-state index is -3.88. The Bertz CT molecular complexity index is 1100. The van der Waals surface area contributed by atoms with Gasteiger partial charge < -0.3 is 9.47 Å². The second-order valence-electron chi connectivity index (χ2n) is 5.55. The maximum atomic E-state index is 12.8. The molecule has 0 fully saturated rings. The van der Waals surface area contributed by atoms with Crippen molar-refractivity contribution in [2.45, 2.75) is 11.8 Å². The Morgan fingerprint density at radius 2 is 1.81 bits per heavy atom. The lowest BCUT2D eigenvalue weighted by Crippen LogP contribution is -2.14. The first-order valence-corrected chi connectivity index (χ1v) is 9.78. The molecule has 0 radical (unpaired) electrons. The van der Waals surface area contributed by atoms with Gasteiger partial charge >= 0.3 is 0 Å². The van der Waals surface area contributed by atoms with Gasteiger partial charge in [-0.05, 0) is 35.0 Å². The largest absolute Gasteiger partial charge is 0.493 e. The predicted molar refractivity (Wildman–Crippen MR) is 101 cm³/mol. The van der Waals surface area contributed by atoms with Gasteiger partial charge in [-0.25, -0.2) is 13.4 Å². The molecule has 0 aliphatic carbocycles. The van der Waals surface area contributed by atoms with E-state index in [1.807, 2.05) is 6.92 Å². The molecule has 0 aliphatic rings. The summed E-state index contributed by atoms with van der Waals surface area (Å²) in [7, 11) is 0.832. The van der Waals surface area contributed by atoms with Crippen LogP contribution >= 0.6 is 15.9 Å². The third-order valence-corrected chi connectivity index (χ3v) is 6.18. The number of aromatic nitrogens is 3. The van der Waals surface area contributed by atoms with Crippen molar-refractivity contribution in [3.63, 3.8) is 0 Å². The molecular formula is C16H17BrN4O4S. The zero-order valence-electron chi connectivity index (χ0n) is 14.6. The number of rotatable bonds is 5. The van der Waals surface area contributed by atoms with Gasteiger partial charge in [-0.15, -0.1) is 0 Å². The maximum absolute atomic E-state index is 12.8. The minimum Gasteiger partial charge on any atom is -0.493 e. The van der Waals surface area contributed by atoms with E-state index in [1.54, 1.807) is 23.9 Å². The Kier molecular flexibility index (Phi) is 4.80. The molecule has 0 saturated carbocycles. The van der Waals surface area contributed by atoms with Gasteiger partial charge in [0.05, 0.1) is 31.8 Å². The third kappa shape index (κ3) is 3.21. The molecule has 26 heavy (non-hydrogen) atoms. The quantitative estimate of drug-likeness (QED) is 0.655. The fourth-order valence-corrected chi connectivity index (χ4v) is 4.69. The molecule has 8 nitrogen and oxygen atoms in total. The summed E-state index contributed by atoms with van der Waals surface area (Å²) in [5.41, 5.74) is 1.79. The van der Waals surface area contributed by atoms with E-state index in [9.17, 15) is 8.42 Å². The monoisotopic (exact) mass is 440 g/mol. The molecule has 3 rings (SSSR count). The normalized spacial score (nSPS) is 11.6. The van der Waals surface area contributed by atoms with Crippen molar-refractivity contribution in [1.82, 2.24) is 14.8 Å². The molecule has 0 spiro atoms. The molecule has 0 saturated heterocycles. The highest BCUT2D eigenvalue weighted by Gasteiger charge is 2.22. The van der Waals surface area contributed by atoms with Crippen molar-refractivity contribution in [2.24, 2.45) is 7.05 Å². The fraction of sp³-hybridized carbons (Fsp3) is 0.250. The van der Waals surface area contributed by atoms with Crippen LogP contribution < -0.4 is 14.2 Å². The van der Waals surface area contributed by atoms with Crippen LogP contribution in [0.4, 0.5) is 5.69 Å². The molecule has 3 aromatic rings. The van der Waals surface area contributed by atoms with Crippen molar-refractivity contribution < 1.29 is 17.9 Å². The van der Waals surface area contributed by atoms with Crippen molar-refractivity contribution in [3.8, 4) is 11.5 Å². The van der Waals surface area contributed by atoms with Gasteiger partial charge in [0.25, 0.3) is 10.0 Å². The first-order chi connectivity index (χ1) is 12.3. The number of methoxy groups -OCH3 is 2. The van der Waals surface area contributed by atoms with Gasteiger partial charge in [0.15, 0.2) is 17.1 Å². The van der Waals surface area contributed by atoms with Gasteiger partial charge in [-0.2, -0.15) is 5.10 Å². The Morgan fingerprint density at radius 1 is 1.15 bits per heavy atom. The van der Waals surface area contributed by atoms with Gasteiger partial charge in [0.2, 0.25) is 0 Å². The van der Waals surface area contributed by atoms with E-state index in [4.69, 9.17) is 9.47 Å². The summed E-state index contributed by atoms with van der Waals surface area (Å²) in [5, 5.41) is 5.06. The summed E-state index contributed by atoms with van der Waals surface area (Å²) >= 11 is 3.27. The lowest BCUT2D eigenvalue weighted by Gasteiger charge is -2.13. The lowest BCUT2D eigenvalue weighted by atomic mass is 10.3. The van der Waals surface area contributed by atoms with Crippen LogP contribution in [-0.2, 0) is 17.1 Å². The predicted octanol–water partition coefficient (Wildman–Crippen LogP) is 2.86. The van der Waals surface area contributed by atoms with Gasteiger partial charge in [0.1, 0.15) is 4.90 Å². The van der Waals surface area contributed by atoms with Gasteiger partial charge in [-0.3, -0.25) is 9.40 Å². The summed E-state index contributed by atoms with van der Waals surface area (Å²) in [6, 6.07) is 4.64. The topological polar surface area (TPSA) is 95.3 Å². The van der Waals surface area contributed by atoms with E-state index in [-0.39, 0.29) is 4.90 Å². The van der Waals surface area contributed by atoms with Crippen molar-refractivity contribution >= 4 is 42.7 Å². The second-order valence-corrected chi connectivity index (χ2v) is 8.05. The zero-order chi connectivity index (χ0) is 19.1. The fourth-order valence-electron chi connectivity index (χ4n) is 2.62. The number of anilines is 1. The molecule has 10 heteroatoms. The molecule has 0 unspecified atom stereocenters. The highest BCUT2D eigenvalue weighted by molar-refractivity contribution is 9.10. The van der Waals surface area contributed by atoms with E-state index in [0.29, 0.717) is 27.3 Å². The number of aryl methyl sites for hydroxylation is 2. The van der Waals surface area contributed by atoms with Crippen LogP contribution in [0.1, 0.15) is 5.69 Å². The van der Waals surface area contributed by atoms with Crippen LogP contribution in [0.5, 0.6) is 11.5 Å². The summed E-state index contributed by atoms with van der Waals surface area (Å²) in [4.78, 5) is 4.31. The van der Waals surface area contributed by atoms with Gasteiger partial charge in [-0.1, -0.05) is 0 Å². The van der Waals surface area contributed by atoms with Crippen LogP contribution in [-0.4, -0.2) is 37.4 Å². The maximum Gasteiger partial charge on any atom is 0.263 e. The van der Waals surface area contributed by atoms with Crippen LogP contribution in [0.15, 0.2) is 33.8 Å². The molecule has 0 bridgehead atoms. The number of nitrogens with one attached hydrogen (secondary N) is 1. The molecule has 0 aliphatic heterocycles. The Labute approximate surface area is 159 Å². The number of benzene rings is 1.